The third kappa shape index (κ3) is 6.85. The van der Waals surface area contributed by atoms with Crippen LogP contribution in [0.15, 0.2) is 66.1 Å². The van der Waals surface area contributed by atoms with Crippen LogP contribution in [0.3, 0.4) is 0 Å². The van der Waals surface area contributed by atoms with Gasteiger partial charge in [-0.1, -0.05) is 31.4 Å². The maximum absolute atomic E-state index is 12.6. The first-order valence-corrected chi connectivity index (χ1v) is 11.1. The minimum atomic E-state index is -3.59. The van der Waals surface area contributed by atoms with Crippen molar-refractivity contribution in [2.45, 2.75) is 36.7 Å². The van der Waals surface area contributed by atoms with Gasteiger partial charge in [-0.05, 0) is 69.7 Å². The monoisotopic (exact) mass is 418 g/mol. The summed E-state index contributed by atoms with van der Waals surface area (Å²) in [6.07, 6.45) is 6.64. The van der Waals surface area contributed by atoms with Gasteiger partial charge in [0.15, 0.2) is 0 Å². The number of amides is 2. The first-order chi connectivity index (χ1) is 13.7. The van der Waals surface area contributed by atoms with Crippen molar-refractivity contribution in [2.75, 3.05) is 25.5 Å². The molecule has 1 atom stereocenters. The summed E-state index contributed by atoms with van der Waals surface area (Å²) in [6, 6.07) is 5.43. The van der Waals surface area contributed by atoms with E-state index in [2.05, 4.69) is 33.4 Å². The standard InChI is InChI=1S/C21H30N4O3S/c1-5-7-17(6-2)16(3)22-21(26)23-18-8-10-20(11-9-18)29(27,28)24-19-12-14-25(4)15-13-19/h5-11,16,19,24H,1-2,12-15H2,3-4H3,(H2,22,23,26)/b17-7+. The summed E-state index contributed by atoms with van der Waals surface area (Å²) in [7, 11) is -1.56. The summed E-state index contributed by atoms with van der Waals surface area (Å²) in [5, 5.41) is 5.50. The highest BCUT2D eigenvalue weighted by Crippen LogP contribution is 2.17. The number of sulfonamides is 1. The summed E-state index contributed by atoms with van der Waals surface area (Å²) >= 11 is 0. The van der Waals surface area contributed by atoms with Crippen LogP contribution in [0.1, 0.15) is 19.8 Å². The van der Waals surface area contributed by atoms with Gasteiger partial charge in [-0.2, -0.15) is 0 Å². The van der Waals surface area contributed by atoms with Crippen LogP contribution in [0.25, 0.3) is 0 Å². The molecular weight excluding hydrogens is 388 g/mol. The normalized spacial score (nSPS) is 17.4. The summed E-state index contributed by atoms with van der Waals surface area (Å²) in [6.45, 7) is 10.9. The van der Waals surface area contributed by atoms with E-state index in [-0.39, 0.29) is 17.0 Å². The Labute approximate surface area is 173 Å². The quantitative estimate of drug-likeness (QED) is 0.566. The van der Waals surface area contributed by atoms with E-state index in [9.17, 15) is 13.2 Å². The summed E-state index contributed by atoms with van der Waals surface area (Å²) in [4.78, 5) is 14.5. The van der Waals surface area contributed by atoms with Crippen molar-refractivity contribution >= 4 is 21.7 Å². The van der Waals surface area contributed by atoms with Gasteiger partial charge in [0.2, 0.25) is 10.0 Å². The number of carbonyl (C=O) groups is 1. The Morgan fingerprint density at radius 1 is 1.21 bits per heavy atom. The van der Waals surface area contributed by atoms with E-state index in [4.69, 9.17) is 0 Å². The molecule has 0 aromatic heterocycles. The molecule has 158 valence electrons. The van der Waals surface area contributed by atoms with Crippen LogP contribution in [0.2, 0.25) is 0 Å². The number of hydrogen-bond acceptors (Lipinski definition) is 4. The molecule has 0 spiro atoms. The molecule has 1 heterocycles. The molecule has 1 fully saturated rings. The van der Waals surface area contributed by atoms with Crippen LogP contribution < -0.4 is 15.4 Å². The molecule has 2 rings (SSSR count). The molecule has 0 bridgehead atoms. The van der Waals surface area contributed by atoms with Gasteiger partial charge in [0, 0.05) is 11.7 Å². The highest BCUT2D eigenvalue weighted by atomic mass is 32.2. The third-order valence-corrected chi connectivity index (χ3v) is 6.39. The second-order valence-electron chi connectivity index (χ2n) is 7.15. The minimum absolute atomic E-state index is 0.0519. The fourth-order valence-electron chi connectivity index (χ4n) is 3.10. The summed E-state index contributed by atoms with van der Waals surface area (Å²) < 4.78 is 27.9. The van der Waals surface area contributed by atoms with Crippen molar-refractivity contribution in [3.8, 4) is 0 Å². The van der Waals surface area contributed by atoms with Crippen molar-refractivity contribution in [3.05, 3.63) is 61.2 Å². The maximum Gasteiger partial charge on any atom is 0.319 e. The van der Waals surface area contributed by atoms with Crippen molar-refractivity contribution in [2.24, 2.45) is 0 Å². The Morgan fingerprint density at radius 3 is 2.38 bits per heavy atom. The fourth-order valence-corrected chi connectivity index (χ4v) is 4.41. The lowest BCUT2D eigenvalue weighted by atomic mass is 10.1. The Hall–Kier alpha value is -2.42. The van der Waals surface area contributed by atoms with Crippen LogP contribution in [0.5, 0.6) is 0 Å². The third-order valence-electron chi connectivity index (χ3n) is 4.86. The lowest BCUT2D eigenvalue weighted by molar-refractivity contribution is 0.248. The SMILES string of the molecule is C=C/C=C(\C=C)C(C)NC(=O)Nc1ccc(S(=O)(=O)NC2CCN(C)CC2)cc1. The Kier molecular flexibility index (Phi) is 8.19. The lowest BCUT2D eigenvalue weighted by Crippen LogP contribution is -2.43. The van der Waals surface area contributed by atoms with Crippen molar-refractivity contribution in [1.82, 2.24) is 14.9 Å². The molecule has 29 heavy (non-hydrogen) atoms. The number of rotatable bonds is 8. The van der Waals surface area contributed by atoms with Crippen LogP contribution >= 0.6 is 0 Å². The highest BCUT2D eigenvalue weighted by molar-refractivity contribution is 7.89. The topological polar surface area (TPSA) is 90.5 Å². The molecule has 2 amide bonds. The molecule has 0 aliphatic carbocycles. The number of anilines is 1. The lowest BCUT2D eigenvalue weighted by Gasteiger charge is -2.29. The zero-order chi connectivity index (χ0) is 21.4. The number of urea groups is 1. The van der Waals surface area contributed by atoms with Gasteiger partial charge in [0.25, 0.3) is 0 Å². The summed E-state index contributed by atoms with van der Waals surface area (Å²) in [5.41, 5.74) is 1.33. The molecule has 1 aromatic carbocycles. The average Bonchev–Trinajstić information content (AvgIpc) is 2.68. The van der Waals surface area contributed by atoms with Crippen LogP contribution in [-0.2, 0) is 10.0 Å². The van der Waals surface area contributed by atoms with E-state index >= 15 is 0 Å². The number of benzene rings is 1. The number of nitrogens with zero attached hydrogens (tertiary/aromatic N) is 1. The van der Waals surface area contributed by atoms with Crippen molar-refractivity contribution in [1.29, 1.82) is 0 Å². The zero-order valence-corrected chi connectivity index (χ0v) is 17.8. The minimum Gasteiger partial charge on any atom is -0.331 e. The van der Waals surface area contributed by atoms with E-state index < -0.39 is 16.1 Å². The number of likely N-dealkylation sites (tertiary alicyclic amines) is 1. The second kappa shape index (κ2) is 10.4. The predicted octanol–water partition coefficient (Wildman–Crippen LogP) is 2.87. The average molecular weight is 419 g/mol. The molecule has 1 aliphatic rings. The molecule has 0 saturated carbocycles. The van der Waals surface area contributed by atoms with Gasteiger partial charge >= 0.3 is 6.03 Å². The zero-order valence-electron chi connectivity index (χ0n) is 17.0. The number of nitrogens with one attached hydrogen (secondary N) is 3. The van der Waals surface area contributed by atoms with Crippen LogP contribution in [0.4, 0.5) is 10.5 Å². The van der Waals surface area contributed by atoms with Gasteiger partial charge in [0.1, 0.15) is 0 Å². The van der Waals surface area contributed by atoms with Gasteiger partial charge in [0.05, 0.1) is 10.9 Å². The van der Waals surface area contributed by atoms with Gasteiger partial charge < -0.3 is 15.5 Å². The predicted molar refractivity (Wildman–Crippen MR) is 117 cm³/mol. The molecule has 0 radical (unpaired) electrons. The highest BCUT2D eigenvalue weighted by Gasteiger charge is 2.23. The van der Waals surface area contributed by atoms with Gasteiger partial charge in [-0.3, -0.25) is 0 Å². The van der Waals surface area contributed by atoms with E-state index in [1.807, 2.05) is 14.0 Å². The largest absolute Gasteiger partial charge is 0.331 e. The van der Waals surface area contributed by atoms with Gasteiger partial charge in [-0.25, -0.2) is 17.9 Å². The molecular formula is C21H30N4O3S. The first-order valence-electron chi connectivity index (χ1n) is 9.58. The van der Waals surface area contributed by atoms with E-state index in [1.54, 1.807) is 30.4 Å². The van der Waals surface area contributed by atoms with Crippen LogP contribution in [0, 0.1) is 0 Å². The molecule has 8 heteroatoms. The second-order valence-corrected chi connectivity index (χ2v) is 8.86. The molecule has 1 aliphatic heterocycles. The van der Waals surface area contributed by atoms with Crippen molar-refractivity contribution < 1.29 is 13.2 Å². The molecule has 1 aromatic rings. The molecule has 7 nitrogen and oxygen atoms in total. The smallest absolute Gasteiger partial charge is 0.319 e. The van der Waals surface area contributed by atoms with E-state index in [1.165, 1.54) is 12.1 Å². The molecule has 1 unspecified atom stereocenters. The maximum atomic E-state index is 12.6. The summed E-state index contributed by atoms with van der Waals surface area (Å²) in [5.74, 6) is 0. The Bertz CT molecular complexity index is 854. The number of piperidine rings is 1. The van der Waals surface area contributed by atoms with E-state index in [0.29, 0.717) is 5.69 Å². The van der Waals surface area contributed by atoms with Gasteiger partial charge in [-0.15, -0.1) is 0 Å². The Balaban J connectivity index is 1.95. The number of allylic oxidation sites excluding steroid dienone is 2. The fraction of sp³-hybridized carbons (Fsp3) is 0.381. The molecule has 3 N–H and O–H groups in total. The van der Waals surface area contributed by atoms with E-state index in [0.717, 1.165) is 31.5 Å². The first kappa shape index (κ1) is 22.9. The number of carbonyl (C=O) groups excluding carboxylic acids is 1. The molecule has 1 saturated heterocycles. The van der Waals surface area contributed by atoms with Crippen molar-refractivity contribution in [3.63, 3.8) is 0 Å². The number of hydrogen-bond donors (Lipinski definition) is 3. The Morgan fingerprint density at radius 2 is 1.83 bits per heavy atom. The van der Waals surface area contributed by atoms with Crippen LogP contribution in [-0.4, -0.2) is 51.6 Å².